The van der Waals surface area contributed by atoms with Crippen molar-refractivity contribution in [2.75, 3.05) is 33.0 Å². The largest absolute Gasteiger partial charge is 0.491 e. The third-order valence-electron chi connectivity index (χ3n) is 2.30. The van der Waals surface area contributed by atoms with Crippen molar-refractivity contribution in [3.63, 3.8) is 0 Å². The summed E-state index contributed by atoms with van der Waals surface area (Å²) in [5.74, 6) is 1.30. The lowest BCUT2D eigenvalue weighted by Gasteiger charge is -2.08. The Morgan fingerprint density at radius 2 is 1.63 bits per heavy atom. The van der Waals surface area contributed by atoms with E-state index in [1.165, 1.54) is 0 Å². The molecule has 0 radical (unpaired) electrons. The molecule has 0 aliphatic rings. The van der Waals surface area contributed by atoms with E-state index in [1.807, 2.05) is 0 Å². The summed E-state index contributed by atoms with van der Waals surface area (Å²) in [5.41, 5.74) is 0.630. The van der Waals surface area contributed by atoms with Gasteiger partial charge in [0, 0.05) is 6.61 Å². The Morgan fingerprint density at radius 3 is 2.26 bits per heavy atom. The highest BCUT2D eigenvalue weighted by Gasteiger charge is 1.96. The Balaban J connectivity index is 2.00. The van der Waals surface area contributed by atoms with Crippen LogP contribution in [0, 0.1) is 17.2 Å². The van der Waals surface area contributed by atoms with Crippen molar-refractivity contribution >= 4 is 0 Å². The van der Waals surface area contributed by atoms with Crippen LogP contribution < -0.4 is 4.74 Å². The minimum Gasteiger partial charge on any atom is -0.491 e. The first-order valence-corrected chi connectivity index (χ1v) is 6.51. The summed E-state index contributed by atoms with van der Waals surface area (Å²) in [5, 5.41) is 8.66. The number of nitrogens with zero attached hydrogens (tertiary/aromatic N) is 1. The van der Waals surface area contributed by atoms with Gasteiger partial charge in [0.1, 0.15) is 12.4 Å². The highest BCUT2D eigenvalue weighted by molar-refractivity contribution is 5.34. The number of nitriles is 1. The van der Waals surface area contributed by atoms with Crippen molar-refractivity contribution in [1.29, 1.82) is 5.26 Å². The molecule has 19 heavy (non-hydrogen) atoms. The smallest absolute Gasteiger partial charge is 0.119 e. The van der Waals surface area contributed by atoms with Crippen LogP contribution in [0.5, 0.6) is 5.75 Å². The van der Waals surface area contributed by atoms with E-state index in [2.05, 4.69) is 19.9 Å². The molecule has 0 bridgehead atoms. The van der Waals surface area contributed by atoms with Gasteiger partial charge in [-0.15, -0.1) is 0 Å². The Labute approximate surface area is 114 Å². The van der Waals surface area contributed by atoms with Crippen molar-refractivity contribution in [2.24, 2.45) is 5.92 Å². The van der Waals surface area contributed by atoms with Crippen molar-refractivity contribution < 1.29 is 14.2 Å². The van der Waals surface area contributed by atoms with Gasteiger partial charge in [0.25, 0.3) is 0 Å². The van der Waals surface area contributed by atoms with Gasteiger partial charge in [-0.2, -0.15) is 5.26 Å². The molecule has 0 amide bonds. The molecule has 0 saturated heterocycles. The van der Waals surface area contributed by atoms with E-state index in [0.29, 0.717) is 37.9 Å². The van der Waals surface area contributed by atoms with E-state index in [9.17, 15) is 0 Å². The van der Waals surface area contributed by atoms with Gasteiger partial charge >= 0.3 is 0 Å². The highest BCUT2D eigenvalue weighted by atomic mass is 16.5. The molecule has 4 heteroatoms. The third-order valence-corrected chi connectivity index (χ3v) is 2.30. The van der Waals surface area contributed by atoms with E-state index in [-0.39, 0.29) is 0 Å². The van der Waals surface area contributed by atoms with E-state index in [4.69, 9.17) is 19.5 Å². The Kier molecular flexibility index (Phi) is 7.64. The molecule has 0 spiro atoms. The number of ether oxygens (including phenoxy) is 3. The van der Waals surface area contributed by atoms with Crippen LogP contribution >= 0.6 is 0 Å². The van der Waals surface area contributed by atoms with Crippen LogP contribution in [0.3, 0.4) is 0 Å². The van der Waals surface area contributed by atoms with Gasteiger partial charge in [-0.05, 0) is 30.2 Å². The minimum absolute atomic E-state index is 0.496. The number of rotatable bonds is 9. The maximum absolute atomic E-state index is 8.66. The summed E-state index contributed by atoms with van der Waals surface area (Å²) in [4.78, 5) is 0. The molecule has 0 N–H and O–H groups in total. The summed E-state index contributed by atoms with van der Waals surface area (Å²) in [6.45, 7) is 7.24. The summed E-state index contributed by atoms with van der Waals surface area (Å²) in [6.07, 6.45) is 0. The molecule has 0 fully saturated rings. The summed E-state index contributed by atoms with van der Waals surface area (Å²) < 4.78 is 16.2. The molecule has 1 aromatic rings. The summed E-state index contributed by atoms with van der Waals surface area (Å²) in [7, 11) is 0. The molecule has 0 heterocycles. The molecule has 1 aromatic carbocycles. The van der Waals surface area contributed by atoms with Crippen molar-refractivity contribution in [3.8, 4) is 11.8 Å². The quantitative estimate of drug-likeness (QED) is 0.643. The first-order chi connectivity index (χ1) is 9.22. The van der Waals surface area contributed by atoms with Crippen LogP contribution in [0.25, 0.3) is 0 Å². The van der Waals surface area contributed by atoms with E-state index >= 15 is 0 Å². The maximum Gasteiger partial charge on any atom is 0.119 e. The van der Waals surface area contributed by atoms with Crippen LogP contribution in [0.2, 0.25) is 0 Å². The van der Waals surface area contributed by atoms with Crippen LogP contribution in [-0.2, 0) is 9.47 Å². The number of hydrogen-bond donors (Lipinski definition) is 0. The lowest BCUT2D eigenvalue weighted by Crippen LogP contribution is -2.12. The number of hydrogen-bond acceptors (Lipinski definition) is 4. The summed E-state index contributed by atoms with van der Waals surface area (Å²) >= 11 is 0. The maximum atomic E-state index is 8.66. The first-order valence-electron chi connectivity index (χ1n) is 6.51. The fraction of sp³-hybridized carbons (Fsp3) is 0.533. The lowest BCUT2D eigenvalue weighted by molar-refractivity contribution is 0.0282. The molecule has 0 aliphatic heterocycles. The molecule has 1 rings (SSSR count). The number of benzene rings is 1. The molecule has 0 saturated carbocycles. The second-order valence-electron chi connectivity index (χ2n) is 4.57. The fourth-order valence-electron chi connectivity index (χ4n) is 1.38. The van der Waals surface area contributed by atoms with Gasteiger partial charge in [0.2, 0.25) is 0 Å². The molecule has 0 atom stereocenters. The van der Waals surface area contributed by atoms with E-state index in [1.54, 1.807) is 24.3 Å². The second-order valence-corrected chi connectivity index (χ2v) is 4.57. The summed E-state index contributed by atoms with van der Waals surface area (Å²) in [6, 6.07) is 9.09. The Bertz CT molecular complexity index is 381. The van der Waals surface area contributed by atoms with Gasteiger partial charge < -0.3 is 14.2 Å². The van der Waals surface area contributed by atoms with E-state index < -0.39 is 0 Å². The molecule has 0 unspecified atom stereocenters. The zero-order valence-corrected chi connectivity index (χ0v) is 11.6. The Hall–Kier alpha value is -1.57. The van der Waals surface area contributed by atoms with Gasteiger partial charge in [0.15, 0.2) is 0 Å². The SMILES string of the molecule is CC(C)COCCOCCOc1ccc(C#N)cc1. The van der Waals surface area contributed by atoms with Crippen LogP contribution in [0.1, 0.15) is 19.4 Å². The second kappa shape index (κ2) is 9.37. The molecular formula is C15H21NO3. The minimum atomic E-state index is 0.496. The monoisotopic (exact) mass is 263 g/mol. The average Bonchev–Trinajstić information content (AvgIpc) is 2.42. The lowest BCUT2D eigenvalue weighted by atomic mass is 10.2. The first kappa shape index (κ1) is 15.5. The van der Waals surface area contributed by atoms with Gasteiger partial charge in [0.05, 0.1) is 31.5 Å². The van der Waals surface area contributed by atoms with Crippen molar-refractivity contribution in [3.05, 3.63) is 29.8 Å². The molecule has 4 nitrogen and oxygen atoms in total. The molecule has 0 aromatic heterocycles. The van der Waals surface area contributed by atoms with Gasteiger partial charge in [-0.25, -0.2) is 0 Å². The topological polar surface area (TPSA) is 51.5 Å². The van der Waals surface area contributed by atoms with E-state index in [0.717, 1.165) is 12.4 Å². The average molecular weight is 263 g/mol. The molecule has 0 aliphatic carbocycles. The third kappa shape index (κ3) is 7.45. The van der Waals surface area contributed by atoms with Crippen molar-refractivity contribution in [1.82, 2.24) is 0 Å². The van der Waals surface area contributed by atoms with Crippen LogP contribution in [0.4, 0.5) is 0 Å². The predicted molar refractivity (Wildman–Crippen MR) is 73.1 cm³/mol. The van der Waals surface area contributed by atoms with Crippen LogP contribution in [0.15, 0.2) is 24.3 Å². The van der Waals surface area contributed by atoms with Crippen molar-refractivity contribution in [2.45, 2.75) is 13.8 Å². The standard InChI is InChI=1S/C15H21NO3/c1-13(2)12-18-8-7-17-9-10-19-15-5-3-14(11-16)4-6-15/h3-6,13H,7-10,12H2,1-2H3. The molecular weight excluding hydrogens is 242 g/mol. The normalized spacial score (nSPS) is 10.4. The van der Waals surface area contributed by atoms with Crippen LogP contribution in [-0.4, -0.2) is 33.0 Å². The van der Waals surface area contributed by atoms with Gasteiger partial charge in [-0.3, -0.25) is 0 Å². The van der Waals surface area contributed by atoms with Gasteiger partial charge in [-0.1, -0.05) is 13.8 Å². The highest BCUT2D eigenvalue weighted by Crippen LogP contribution is 2.11. The predicted octanol–water partition coefficient (Wildman–Crippen LogP) is 2.63. The fourth-order valence-corrected chi connectivity index (χ4v) is 1.38. The Morgan fingerprint density at radius 1 is 1.00 bits per heavy atom. The molecule has 104 valence electrons. The zero-order valence-electron chi connectivity index (χ0n) is 11.6. The zero-order chi connectivity index (χ0) is 13.9.